The number of nitrogens with zero attached hydrogens (tertiary/aromatic N) is 5. The number of aromatic nitrogens is 5. The van der Waals surface area contributed by atoms with Crippen molar-refractivity contribution in [3.8, 4) is 17.1 Å². The Morgan fingerprint density at radius 2 is 2.00 bits per heavy atom. The van der Waals surface area contributed by atoms with E-state index in [2.05, 4.69) is 46.0 Å². The van der Waals surface area contributed by atoms with Gasteiger partial charge < -0.3 is 24.6 Å². The summed E-state index contributed by atoms with van der Waals surface area (Å²) in [6.45, 7) is 1.66. The molecule has 156 valence electrons. The van der Waals surface area contributed by atoms with Crippen molar-refractivity contribution < 1.29 is 23.6 Å². The summed E-state index contributed by atoms with van der Waals surface area (Å²) in [5, 5.41) is 19.4. The minimum atomic E-state index is -0.742. The Hall–Kier alpha value is -4.29. The summed E-state index contributed by atoms with van der Waals surface area (Å²) in [6.07, 6.45) is 0.765. The van der Waals surface area contributed by atoms with E-state index in [-0.39, 0.29) is 23.0 Å². The van der Waals surface area contributed by atoms with Crippen LogP contribution in [0.25, 0.3) is 11.4 Å². The van der Waals surface area contributed by atoms with E-state index < -0.39 is 12.0 Å². The zero-order chi connectivity index (χ0) is 21.7. The number of aryl methyl sites for hydroxylation is 1. The zero-order valence-corrected chi connectivity index (χ0v) is 16.5. The normalized spacial score (nSPS) is 10.3. The van der Waals surface area contributed by atoms with Crippen LogP contribution in [0.2, 0.25) is 0 Å². The van der Waals surface area contributed by atoms with Crippen molar-refractivity contribution in [3.63, 3.8) is 0 Å². The second-order valence-corrected chi connectivity index (χ2v) is 5.69. The van der Waals surface area contributed by atoms with Crippen molar-refractivity contribution >= 4 is 29.3 Å². The molecule has 0 unspecified atom stereocenters. The van der Waals surface area contributed by atoms with Crippen LogP contribution in [0, 0.1) is 6.92 Å². The van der Waals surface area contributed by atoms with Crippen LogP contribution in [0.3, 0.4) is 0 Å². The number of carbonyl (C=O) groups is 2. The lowest BCUT2D eigenvalue weighted by molar-refractivity contribution is 0.0958. The van der Waals surface area contributed by atoms with Crippen molar-refractivity contribution in [2.24, 2.45) is 0 Å². The summed E-state index contributed by atoms with van der Waals surface area (Å²) in [7, 11) is 4.11. The third kappa shape index (κ3) is 4.24. The molecule has 2 amide bonds. The van der Waals surface area contributed by atoms with Crippen LogP contribution in [0.1, 0.15) is 16.4 Å². The number of pyridine rings is 1. The van der Waals surface area contributed by atoms with Crippen LogP contribution < -0.4 is 20.7 Å². The molecule has 0 atom stereocenters. The smallest absolute Gasteiger partial charge is 0.412 e. The molecular weight excluding hydrogens is 396 g/mol. The fourth-order valence-electron chi connectivity index (χ4n) is 2.45. The maximum Gasteiger partial charge on any atom is 0.412 e. The maximum atomic E-state index is 12.2. The molecule has 0 radical (unpaired) electrons. The lowest BCUT2D eigenvalue weighted by atomic mass is 10.2. The number of carbonyl (C=O) groups excluding carboxylic acids is 2. The van der Waals surface area contributed by atoms with Gasteiger partial charge in [0.1, 0.15) is 0 Å². The Morgan fingerprint density at radius 1 is 1.20 bits per heavy atom. The van der Waals surface area contributed by atoms with Gasteiger partial charge in [0.25, 0.3) is 5.91 Å². The molecule has 0 fully saturated rings. The molecule has 0 aliphatic heterocycles. The SMILES string of the molecule is CNC(=O)c1nnc(NC(=O)OC)cc1Nc1nccc(-c2noc(C)n2)c1OC. The molecule has 3 heterocycles. The first-order chi connectivity index (χ1) is 14.5. The molecular formula is C17H18N8O5. The van der Waals surface area contributed by atoms with Crippen LogP contribution in [-0.2, 0) is 4.74 Å². The van der Waals surface area contributed by atoms with E-state index in [9.17, 15) is 9.59 Å². The first-order valence-corrected chi connectivity index (χ1v) is 8.52. The highest BCUT2D eigenvalue weighted by Crippen LogP contribution is 2.35. The van der Waals surface area contributed by atoms with Gasteiger partial charge in [-0.1, -0.05) is 5.16 Å². The summed E-state index contributed by atoms with van der Waals surface area (Å²) in [5.41, 5.74) is 0.698. The van der Waals surface area contributed by atoms with Gasteiger partial charge in [-0.25, -0.2) is 9.78 Å². The zero-order valence-electron chi connectivity index (χ0n) is 16.5. The first kappa shape index (κ1) is 20.4. The number of amides is 2. The Kier molecular flexibility index (Phi) is 6.00. The van der Waals surface area contributed by atoms with Gasteiger partial charge >= 0.3 is 6.09 Å². The molecule has 3 aromatic rings. The predicted octanol–water partition coefficient (Wildman–Crippen LogP) is 1.52. The van der Waals surface area contributed by atoms with Gasteiger partial charge in [-0.05, 0) is 6.07 Å². The van der Waals surface area contributed by atoms with Gasteiger partial charge in [0.2, 0.25) is 11.7 Å². The van der Waals surface area contributed by atoms with E-state index in [1.807, 2.05) is 0 Å². The summed E-state index contributed by atoms with van der Waals surface area (Å²) in [5.74, 6) is 0.805. The lowest BCUT2D eigenvalue weighted by Gasteiger charge is -2.14. The summed E-state index contributed by atoms with van der Waals surface area (Å²) in [6, 6.07) is 3.06. The largest absolute Gasteiger partial charge is 0.492 e. The number of nitrogens with one attached hydrogen (secondary N) is 3. The molecule has 0 aliphatic rings. The third-order valence-corrected chi connectivity index (χ3v) is 3.78. The molecule has 0 aromatic carbocycles. The third-order valence-electron chi connectivity index (χ3n) is 3.78. The molecule has 0 spiro atoms. The van der Waals surface area contributed by atoms with Crippen molar-refractivity contribution in [2.75, 3.05) is 31.9 Å². The van der Waals surface area contributed by atoms with Crippen molar-refractivity contribution in [3.05, 3.63) is 29.9 Å². The van der Waals surface area contributed by atoms with Crippen LogP contribution >= 0.6 is 0 Å². The standard InChI is InChI=1S/C17H18N8O5/c1-8-20-14(25-30-8)9-5-6-19-15(13(9)28-3)21-10-7-11(22-17(27)29-4)23-24-12(10)16(26)18-2/h5-7H,1-4H3,(H,18,26)(H2,19,21,22,23,27). The highest BCUT2D eigenvalue weighted by atomic mass is 16.5. The summed E-state index contributed by atoms with van der Waals surface area (Å²) < 4.78 is 15.0. The van der Waals surface area contributed by atoms with Gasteiger partial charge in [-0.15, -0.1) is 10.2 Å². The minimum Gasteiger partial charge on any atom is -0.492 e. The van der Waals surface area contributed by atoms with E-state index in [0.717, 1.165) is 0 Å². The number of ether oxygens (including phenoxy) is 2. The lowest BCUT2D eigenvalue weighted by Crippen LogP contribution is -2.22. The quantitative estimate of drug-likeness (QED) is 0.535. The molecule has 0 aliphatic carbocycles. The maximum absolute atomic E-state index is 12.2. The van der Waals surface area contributed by atoms with Crippen LogP contribution in [0.5, 0.6) is 5.75 Å². The summed E-state index contributed by atoms with van der Waals surface area (Å²) >= 11 is 0. The fraction of sp³-hybridized carbons (Fsp3) is 0.235. The Morgan fingerprint density at radius 3 is 2.63 bits per heavy atom. The predicted molar refractivity (Wildman–Crippen MR) is 104 cm³/mol. The van der Waals surface area contributed by atoms with Gasteiger partial charge in [0.15, 0.2) is 23.1 Å². The first-order valence-electron chi connectivity index (χ1n) is 8.52. The topological polar surface area (TPSA) is 166 Å². The van der Waals surface area contributed by atoms with Crippen LogP contribution in [0.4, 0.5) is 22.1 Å². The van der Waals surface area contributed by atoms with Crippen LogP contribution in [0.15, 0.2) is 22.9 Å². The second kappa shape index (κ2) is 8.81. The van der Waals surface area contributed by atoms with Crippen molar-refractivity contribution in [1.82, 2.24) is 30.6 Å². The van der Waals surface area contributed by atoms with E-state index >= 15 is 0 Å². The summed E-state index contributed by atoms with van der Waals surface area (Å²) in [4.78, 5) is 32.1. The fourth-order valence-corrected chi connectivity index (χ4v) is 2.45. The molecule has 3 aromatic heterocycles. The van der Waals surface area contributed by atoms with Gasteiger partial charge in [-0.2, -0.15) is 4.98 Å². The van der Waals surface area contributed by atoms with Crippen molar-refractivity contribution in [1.29, 1.82) is 0 Å². The Labute approximate surface area is 170 Å². The molecule has 13 nitrogen and oxygen atoms in total. The molecule has 13 heteroatoms. The number of hydrogen-bond acceptors (Lipinski definition) is 11. The average Bonchev–Trinajstić information content (AvgIpc) is 3.19. The van der Waals surface area contributed by atoms with Gasteiger partial charge in [0, 0.05) is 26.2 Å². The molecule has 3 rings (SSSR count). The van der Waals surface area contributed by atoms with E-state index in [0.29, 0.717) is 23.0 Å². The monoisotopic (exact) mass is 414 g/mol. The molecule has 0 saturated carbocycles. The van der Waals surface area contributed by atoms with Gasteiger partial charge in [-0.3, -0.25) is 10.1 Å². The highest BCUT2D eigenvalue weighted by Gasteiger charge is 2.20. The van der Waals surface area contributed by atoms with E-state index in [1.54, 1.807) is 13.0 Å². The molecule has 30 heavy (non-hydrogen) atoms. The number of methoxy groups -OCH3 is 2. The number of rotatable bonds is 6. The Bertz CT molecular complexity index is 1080. The number of hydrogen-bond donors (Lipinski definition) is 3. The average molecular weight is 414 g/mol. The van der Waals surface area contributed by atoms with E-state index in [4.69, 9.17) is 9.26 Å². The van der Waals surface area contributed by atoms with E-state index in [1.165, 1.54) is 33.5 Å². The molecule has 0 bridgehead atoms. The van der Waals surface area contributed by atoms with Crippen LogP contribution in [-0.4, -0.2) is 58.6 Å². The highest BCUT2D eigenvalue weighted by molar-refractivity contribution is 5.99. The Balaban J connectivity index is 2.05. The second-order valence-electron chi connectivity index (χ2n) is 5.69. The molecule has 3 N–H and O–H groups in total. The van der Waals surface area contributed by atoms with Crippen molar-refractivity contribution in [2.45, 2.75) is 6.92 Å². The minimum absolute atomic E-state index is 0.0300. The van der Waals surface area contributed by atoms with Gasteiger partial charge in [0.05, 0.1) is 25.5 Å². The molecule has 0 saturated heterocycles. The number of anilines is 3.